The molecule has 0 atom stereocenters. The van der Waals surface area contributed by atoms with Gasteiger partial charge >= 0.3 is 0 Å². The smallest absolute Gasteiger partial charge is 0.177 e. The second-order valence-corrected chi connectivity index (χ2v) is 5.01. The van der Waals surface area contributed by atoms with E-state index in [-0.39, 0.29) is 0 Å². The van der Waals surface area contributed by atoms with E-state index in [1.807, 2.05) is 30.3 Å². The largest absolute Gasteiger partial charge is 0.492 e. The Morgan fingerprint density at radius 2 is 2.37 bits per heavy atom. The van der Waals surface area contributed by atoms with Gasteiger partial charge < -0.3 is 15.4 Å². The lowest BCUT2D eigenvalue weighted by Gasteiger charge is -2.18. The van der Waals surface area contributed by atoms with E-state index in [0.717, 1.165) is 10.6 Å². The molecule has 0 saturated carbocycles. The van der Waals surface area contributed by atoms with Gasteiger partial charge in [0.15, 0.2) is 5.75 Å². The van der Waals surface area contributed by atoms with Gasteiger partial charge in [-0.05, 0) is 11.6 Å². The number of aromatic nitrogens is 1. The normalized spacial score (nSPS) is 9.95. The summed E-state index contributed by atoms with van der Waals surface area (Å²) in [6, 6.07) is 5.97. The predicted octanol–water partition coefficient (Wildman–Crippen LogP) is 2.24. The zero-order chi connectivity index (χ0) is 13.8. The highest BCUT2D eigenvalue weighted by Gasteiger charge is 2.19. The lowest BCUT2D eigenvalue weighted by Crippen LogP contribution is -2.15. The molecule has 2 N–H and O–H groups in total. The van der Waals surface area contributed by atoms with E-state index in [1.165, 1.54) is 11.3 Å². The van der Waals surface area contributed by atoms with Crippen molar-refractivity contribution in [3.05, 3.63) is 35.0 Å². The van der Waals surface area contributed by atoms with E-state index in [1.54, 1.807) is 13.3 Å². The number of ether oxygens (including phenoxy) is 1. The van der Waals surface area contributed by atoms with Crippen molar-refractivity contribution in [2.45, 2.75) is 6.54 Å². The first-order valence-electron chi connectivity index (χ1n) is 5.63. The van der Waals surface area contributed by atoms with Crippen LogP contribution in [0.3, 0.4) is 0 Å². The number of rotatable bonds is 4. The molecule has 0 aliphatic heterocycles. The third kappa shape index (κ3) is 2.61. The first-order valence-corrected chi connectivity index (χ1v) is 6.45. The number of pyridine rings is 1. The molecule has 0 fully saturated rings. The van der Waals surface area contributed by atoms with Gasteiger partial charge in [0, 0.05) is 26.0 Å². The van der Waals surface area contributed by atoms with Crippen LogP contribution in [0.5, 0.6) is 5.75 Å². The van der Waals surface area contributed by atoms with E-state index in [9.17, 15) is 0 Å². The summed E-state index contributed by atoms with van der Waals surface area (Å²) in [4.78, 5) is 6.56. The van der Waals surface area contributed by atoms with Crippen LogP contribution in [0.1, 0.15) is 10.4 Å². The molecular weight excluding hydrogens is 260 g/mol. The summed E-state index contributed by atoms with van der Waals surface area (Å²) in [5, 5.41) is 9.87. The van der Waals surface area contributed by atoms with E-state index in [4.69, 9.17) is 15.7 Å². The standard InChI is InChI=1S/C13H14N4OS/c1-17(8-9-4-3-5-16-7-9)13-12(18-2)11(15)10(6-14)19-13/h3-5,7H,8,15H2,1-2H3. The molecule has 0 saturated heterocycles. The van der Waals surface area contributed by atoms with Gasteiger partial charge in [0.25, 0.3) is 0 Å². The van der Waals surface area contributed by atoms with Crippen molar-refractivity contribution in [3.63, 3.8) is 0 Å². The van der Waals surface area contributed by atoms with Crippen LogP contribution >= 0.6 is 11.3 Å². The average molecular weight is 274 g/mol. The Bertz CT molecular complexity index is 603. The van der Waals surface area contributed by atoms with Crippen molar-refractivity contribution in [2.24, 2.45) is 0 Å². The maximum Gasteiger partial charge on any atom is 0.177 e. The topological polar surface area (TPSA) is 75.2 Å². The number of hydrogen-bond acceptors (Lipinski definition) is 6. The van der Waals surface area contributed by atoms with Crippen molar-refractivity contribution < 1.29 is 4.74 Å². The zero-order valence-corrected chi connectivity index (χ0v) is 11.6. The predicted molar refractivity (Wildman–Crippen MR) is 76.3 cm³/mol. The molecule has 19 heavy (non-hydrogen) atoms. The van der Waals surface area contributed by atoms with Crippen LogP contribution in [-0.4, -0.2) is 19.1 Å². The van der Waals surface area contributed by atoms with Crippen LogP contribution in [-0.2, 0) is 6.54 Å². The molecule has 98 valence electrons. The molecule has 2 rings (SSSR count). The van der Waals surface area contributed by atoms with Crippen LogP contribution < -0.4 is 15.4 Å². The molecule has 2 heterocycles. The van der Waals surface area contributed by atoms with E-state index < -0.39 is 0 Å². The van der Waals surface area contributed by atoms with Gasteiger partial charge in [0.05, 0.1) is 7.11 Å². The monoisotopic (exact) mass is 274 g/mol. The Morgan fingerprint density at radius 3 is 2.95 bits per heavy atom. The summed E-state index contributed by atoms with van der Waals surface area (Å²) in [5.74, 6) is 0.563. The van der Waals surface area contributed by atoms with Crippen LogP contribution in [0.15, 0.2) is 24.5 Å². The molecule has 0 unspecified atom stereocenters. The molecule has 5 nitrogen and oxygen atoms in total. The Kier molecular flexibility index (Phi) is 3.88. The van der Waals surface area contributed by atoms with Crippen molar-refractivity contribution in [1.29, 1.82) is 5.26 Å². The second kappa shape index (κ2) is 5.59. The van der Waals surface area contributed by atoms with Gasteiger partial charge in [-0.1, -0.05) is 6.07 Å². The maximum absolute atomic E-state index is 9.02. The number of hydrogen-bond donors (Lipinski definition) is 1. The molecule has 0 spiro atoms. The summed E-state index contributed by atoms with van der Waals surface area (Å²) >= 11 is 1.33. The summed E-state index contributed by atoms with van der Waals surface area (Å²) < 4.78 is 5.29. The molecule has 6 heteroatoms. The molecule has 0 aliphatic carbocycles. The summed E-state index contributed by atoms with van der Waals surface area (Å²) in [5.41, 5.74) is 7.37. The minimum Gasteiger partial charge on any atom is -0.492 e. The number of nitrogens with two attached hydrogens (primary N) is 1. The first kappa shape index (κ1) is 13.2. The molecule has 0 bridgehead atoms. The number of nitrogens with zero attached hydrogens (tertiary/aromatic N) is 3. The third-order valence-electron chi connectivity index (χ3n) is 2.68. The van der Waals surface area contributed by atoms with Gasteiger partial charge in [-0.2, -0.15) is 5.26 Å². The quantitative estimate of drug-likeness (QED) is 0.925. The highest BCUT2D eigenvalue weighted by atomic mass is 32.1. The van der Waals surface area contributed by atoms with Crippen LogP contribution in [0.2, 0.25) is 0 Å². The van der Waals surface area contributed by atoms with Gasteiger partial charge in [0.1, 0.15) is 21.6 Å². The van der Waals surface area contributed by atoms with Crippen LogP contribution in [0, 0.1) is 11.3 Å². The van der Waals surface area contributed by atoms with Crippen molar-refractivity contribution in [1.82, 2.24) is 4.98 Å². The Morgan fingerprint density at radius 1 is 1.58 bits per heavy atom. The van der Waals surface area contributed by atoms with E-state index in [2.05, 4.69) is 11.1 Å². The minimum atomic E-state index is 0.406. The van der Waals surface area contributed by atoms with Crippen molar-refractivity contribution in [2.75, 3.05) is 24.8 Å². The minimum absolute atomic E-state index is 0.406. The maximum atomic E-state index is 9.02. The molecule has 0 radical (unpaired) electrons. The van der Waals surface area contributed by atoms with Gasteiger partial charge in [-0.15, -0.1) is 11.3 Å². The van der Waals surface area contributed by atoms with Crippen LogP contribution in [0.25, 0.3) is 0 Å². The number of methoxy groups -OCH3 is 1. The molecule has 2 aromatic heterocycles. The third-order valence-corrected chi connectivity index (χ3v) is 3.88. The van der Waals surface area contributed by atoms with E-state index in [0.29, 0.717) is 22.9 Å². The molecule has 2 aromatic rings. The molecular formula is C13H14N4OS. The van der Waals surface area contributed by atoms with E-state index >= 15 is 0 Å². The SMILES string of the molecule is COc1c(N(C)Cc2cccnc2)sc(C#N)c1N. The van der Waals surface area contributed by atoms with Crippen LogP contribution in [0.4, 0.5) is 10.7 Å². The zero-order valence-electron chi connectivity index (χ0n) is 10.8. The average Bonchev–Trinajstić information content (AvgIpc) is 2.76. The number of nitriles is 1. The number of anilines is 2. The second-order valence-electron chi connectivity index (χ2n) is 4.01. The Labute approximate surface area is 115 Å². The fourth-order valence-electron chi connectivity index (χ4n) is 1.79. The fourth-order valence-corrected chi connectivity index (χ4v) is 2.73. The summed E-state index contributed by atoms with van der Waals surface area (Å²) in [6.45, 7) is 0.676. The number of nitrogen functional groups attached to an aromatic ring is 1. The van der Waals surface area contributed by atoms with Crippen molar-refractivity contribution >= 4 is 22.0 Å². The summed E-state index contributed by atoms with van der Waals surface area (Å²) in [6.07, 6.45) is 3.55. The number of thiophene rings is 1. The van der Waals surface area contributed by atoms with Crippen molar-refractivity contribution in [3.8, 4) is 11.8 Å². The molecule has 0 amide bonds. The fraction of sp³-hybridized carbons (Fsp3) is 0.231. The lowest BCUT2D eigenvalue weighted by atomic mass is 10.2. The van der Waals surface area contributed by atoms with Gasteiger partial charge in [-0.3, -0.25) is 4.98 Å². The first-order chi connectivity index (χ1) is 9.17. The highest BCUT2D eigenvalue weighted by molar-refractivity contribution is 7.17. The Hall–Kier alpha value is -2.26. The van der Waals surface area contributed by atoms with Gasteiger partial charge in [0.2, 0.25) is 0 Å². The lowest BCUT2D eigenvalue weighted by molar-refractivity contribution is 0.418. The molecule has 0 aliphatic rings. The highest BCUT2D eigenvalue weighted by Crippen LogP contribution is 2.44. The summed E-state index contributed by atoms with van der Waals surface area (Å²) in [7, 11) is 3.49. The Balaban J connectivity index is 2.29. The molecule has 0 aromatic carbocycles. The van der Waals surface area contributed by atoms with Gasteiger partial charge in [-0.25, -0.2) is 0 Å².